The highest BCUT2D eigenvalue weighted by atomic mass is 32.1. The summed E-state index contributed by atoms with van der Waals surface area (Å²) in [6.07, 6.45) is 1.32. The van der Waals surface area contributed by atoms with E-state index in [1.54, 1.807) is 0 Å². The molecule has 4 nitrogen and oxygen atoms in total. The lowest BCUT2D eigenvalue weighted by Gasteiger charge is -2.30. The Morgan fingerprint density at radius 2 is 2.12 bits per heavy atom. The van der Waals surface area contributed by atoms with Crippen LogP contribution in [-0.4, -0.2) is 41.7 Å². The Labute approximate surface area is 147 Å². The number of aryl methyl sites for hydroxylation is 1. The first-order valence-electron chi connectivity index (χ1n) is 8.49. The fourth-order valence-corrected chi connectivity index (χ4v) is 4.09. The molecule has 1 aliphatic rings. The first-order valence-corrected chi connectivity index (χ1v) is 9.37. The van der Waals surface area contributed by atoms with Crippen LogP contribution in [0, 0.1) is 0 Å². The molecule has 0 unspecified atom stereocenters. The monoisotopic (exact) mass is 344 g/mol. The van der Waals surface area contributed by atoms with Gasteiger partial charge in [-0.1, -0.05) is 31.2 Å². The molecule has 0 spiro atoms. The minimum Gasteiger partial charge on any atom is -0.390 e. The van der Waals surface area contributed by atoms with E-state index in [0.717, 1.165) is 36.4 Å². The van der Waals surface area contributed by atoms with E-state index in [2.05, 4.69) is 34.5 Å². The van der Waals surface area contributed by atoms with Gasteiger partial charge in [0.2, 0.25) is 0 Å². The molecule has 2 aromatic rings. The number of fused-ring (bicyclic) bond motifs is 1. The molecule has 2 heterocycles. The molecule has 5 heteroatoms. The van der Waals surface area contributed by atoms with Gasteiger partial charge >= 0.3 is 0 Å². The number of amides is 1. The molecule has 24 heavy (non-hydrogen) atoms. The van der Waals surface area contributed by atoms with Crippen LogP contribution in [0.3, 0.4) is 0 Å². The van der Waals surface area contributed by atoms with E-state index in [-0.39, 0.29) is 12.5 Å². The molecule has 0 radical (unpaired) electrons. The Morgan fingerprint density at radius 1 is 1.33 bits per heavy atom. The molecule has 1 amide bonds. The predicted octanol–water partition coefficient (Wildman–Crippen LogP) is 2.46. The molecular formula is C19H24N2O2S. The largest absolute Gasteiger partial charge is 0.390 e. The minimum atomic E-state index is -0.552. The van der Waals surface area contributed by atoms with Crippen LogP contribution >= 0.6 is 11.3 Å². The number of carbonyl (C=O) groups is 1. The van der Waals surface area contributed by atoms with Gasteiger partial charge in [0.15, 0.2) is 0 Å². The van der Waals surface area contributed by atoms with E-state index in [0.29, 0.717) is 6.54 Å². The second-order valence-electron chi connectivity index (χ2n) is 6.25. The highest BCUT2D eigenvalue weighted by molar-refractivity contribution is 7.12. The maximum Gasteiger partial charge on any atom is 0.261 e. The van der Waals surface area contributed by atoms with Gasteiger partial charge in [-0.2, -0.15) is 0 Å². The highest BCUT2D eigenvalue weighted by Crippen LogP contribution is 2.19. The number of nitrogens with one attached hydrogen (secondary N) is 1. The standard InChI is InChI=1S/C19H24N2O2S/c1-2-14-8-10-24-18(14)19(23)20-11-17(22)13-21-9-7-15-5-3-4-6-16(15)12-21/h3-6,8,10,17,22H,2,7,9,11-13H2,1H3,(H,20,23)/t17-/m0/s1. The molecule has 0 fully saturated rings. The summed E-state index contributed by atoms with van der Waals surface area (Å²) < 4.78 is 0. The number of rotatable bonds is 6. The lowest BCUT2D eigenvalue weighted by molar-refractivity contribution is 0.0844. The van der Waals surface area contributed by atoms with E-state index >= 15 is 0 Å². The van der Waals surface area contributed by atoms with Crippen molar-refractivity contribution >= 4 is 17.2 Å². The van der Waals surface area contributed by atoms with Crippen molar-refractivity contribution in [3.05, 3.63) is 57.3 Å². The zero-order chi connectivity index (χ0) is 16.9. The number of carbonyl (C=O) groups excluding carboxylic acids is 1. The number of aliphatic hydroxyl groups excluding tert-OH is 1. The summed E-state index contributed by atoms with van der Waals surface area (Å²) in [7, 11) is 0. The van der Waals surface area contributed by atoms with Gasteiger partial charge in [0.1, 0.15) is 0 Å². The van der Waals surface area contributed by atoms with Crippen molar-refractivity contribution in [1.82, 2.24) is 10.2 Å². The Morgan fingerprint density at radius 3 is 2.92 bits per heavy atom. The highest BCUT2D eigenvalue weighted by Gasteiger charge is 2.19. The van der Waals surface area contributed by atoms with Crippen molar-refractivity contribution in [2.24, 2.45) is 0 Å². The second-order valence-corrected chi connectivity index (χ2v) is 7.16. The van der Waals surface area contributed by atoms with Crippen molar-refractivity contribution in [1.29, 1.82) is 0 Å². The van der Waals surface area contributed by atoms with Crippen LogP contribution in [0.25, 0.3) is 0 Å². The summed E-state index contributed by atoms with van der Waals surface area (Å²) in [4.78, 5) is 15.2. The van der Waals surface area contributed by atoms with Crippen molar-refractivity contribution in [3.8, 4) is 0 Å². The smallest absolute Gasteiger partial charge is 0.261 e. The maximum absolute atomic E-state index is 12.2. The van der Waals surface area contributed by atoms with Crippen LogP contribution in [0.5, 0.6) is 0 Å². The van der Waals surface area contributed by atoms with Gasteiger partial charge < -0.3 is 10.4 Å². The quantitative estimate of drug-likeness (QED) is 0.846. The number of β-amino-alcohol motifs (C(OH)–C–C–N with tert-alkyl or cyclic N) is 1. The van der Waals surface area contributed by atoms with Crippen molar-refractivity contribution < 1.29 is 9.90 Å². The number of aliphatic hydroxyl groups is 1. The number of thiophene rings is 1. The van der Waals surface area contributed by atoms with Gasteiger partial charge in [-0.15, -0.1) is 11.3 Å². The predicted molar refractivity (Wildman–Crippen MR) is 97.5 cm³/mol. The van der Waals surface area contributed by atoms with Gasteiger partial charge in [0, 0.05) is 26.2 Å². The van der Waals surface area contributed by atoms with E-state index in [4.69, 9.17) is 0 Å². The maximum atomic E-state index is 12.2. The van der Waals surface area contributed by atoms with Gasteiger partial charge in [0.05, 0.1) is 11.0 Å². The first-order chi connectivity index (χ1) is 11.7. The summed E-state index contributed by atoms with van der Waals surface area (Å²) in [5.74, 6) is -0.0788. The number of benzene rings is 1. The van der Waals surface area contributed by atoms with Crippen LogP contribution < -0.4 is 5.32 Å². The van der Waals surface area contributed by atoms with Gasteiger partial charge in [-0.25, -0.2) is 0 Å². The Balaban J connectivity index is 1.48. The van der Waals surface area contributed by atoms with E-state index < -0.39 is 6.10 Å². The summed E-state index contributed by atoms with van der Waals surface area (Å²) in [5.41, 5.74) is 3.81. The summed E-state index contributed by atoms with van der Waals surface area (Å²) in [5, 5.41) is 15.1. The number of hydrogen-bond donors (Lipinski definition) is 2. The average Bonchev–Trinajstić information content (AvgIpc) is 3.08. The van der Waals surface area contributed by atoms with Gasteiger partial charge in [-0.3, -0.25) is 9.69 Å². The fraction of sp³-hybridized carbons (Fsp3) is 0.421. The van der Waals surface area contributed by atoms with E-state index in [9.17, 15) is 9.90 Å². The Kier molecular flexibility index (Phi) is 5.66. The lowest BCUT2D eigenvalue weighted by Crippen LogP contribution is -2.42. The zero-order valence-electron chi connectivity index (χ0n) is 14.0. The summed E-state index contributed by atoms with van der Waals surface area (Å²) in [6.45, 7) is 4.73. The van der Waals surface area contributed by atoms with Crippen molar-refractivity contribution in [2.75, 3.05) is 19.6 Å². The molecule has 2 N–H and O–H groups in total. The first kappa shape index (κ1) is 17.1. The topological polar surface area (TPSA) is 52.6 Å². The molecule has 3 rings (SSSR count). The molecule has 1 atom stereocenters. The Bertz CT molecular complexity index is 698. The van der Waals surface area contributed by atoms with Crippen molar-refractivity contribution in [2.45, 2.75) is 32.4 Å². The molecule has 0 bridgehead atoms. The van der Waals surface area contributed by atoms with Crippen molar-refractivity contribution in [3.63, 3.8) is 0 Å². The zero-order valence-corrected chi connectivity index (χ0v) is 14.8. The minimum absolute atomic E-state index is 0.0788. The number of nitrogens with zero attached hydrogens (tertiary/aromatic N) is 1. The fourth-order valence-electron chi connectivity index (χ4n) is 3.18. The normalized spacial score (nSPS) is 15.8. The molecule has 0 saturated heterocycles. The third kappa shape index (κ3) is 4.04. The third-order valence-electron chi connectivity index (χ3n) is 4.51. The van der Waals surface area contributed by atoms with Gasteiger partial charge in [-0.05, 0) is 41.0 Å². The molecule has 1 aliphatic heterocycles. The van der Waals surface area contributed by atoms with Crippen LogP contribution in [0.15, 0.2) is 35.7 Å². The molecule has 1 aromatic heterocycles. The molecular weight excluding hydrogens is 320 g/mol. The van der Waals surface area contributed by atoms with Crippen LogP contribution in [0.2, 0.25) is 0 Å². The SMILES string of the molecule is CCc1ccsc1C(=O)NC[C@H](O)CN1CCc2ccccc2C1. The number of hydrogen-bond acceptors (Lipinski definition) is 4. The summed E-state index contributed by atoms with van der Waals surface area (Å²) in [6, 6.07) is 10.5. The molecule has 128 valence electrons. The van der Waals surface area contributed by atoms with Gasteiger partial charge in [0.25, 0.3) is 5.91 Å². The summed E-state index contributed by atoms with van der Waals surface area (Å²) >= 11 is 1.46. The lowest BCUT2D eigenvalue weighted by atomic mass is 10.00. The second kappa shape index (κ2) is 7.92. The van der Waals surface area contributed by atoms with Crippen LogP contribution in [-0.2, 0) is 19.4 Å². The molecule has 1 aromatic carbocycles. The molecule has 0 saturated carbocycles. The van der Waals surface area contributed by atoms with E-state index in [1.807, 2.05) is 18.4 Å². The Hall–Kier alpha value is -1.69. The third-order valence-corrected chi connectivity index (χ3v) is 5.47. The molecule has 0 aliphatic carbocycles. The van der Waals surface area contributed by atoms with Crippen LogP contribution in [0.1, 0.15) is 33.3 Å². The average molecular weight is 344 g/mol. The van der Waals surface area contributed by atoms with Crippen LogP contribution in [0.4, 0.5) is 0 Å². The van der Waals surface area contributed by atoms with E-state index in [1.165, 1.54) is 22.5 Å².